The lowest BCUT2D eigenvalue weighted by Gasteiger charge is -2.24. The predicted molar refractivity (Wildman–Crippen MR) is 63.9 cm³/mol. The van der Waals surface area contributed by atoms with E-state index in [-0.39, 0.29) is 11.9 Å². The smallest absolute Gasteiger partial charge is 0.307 e. The average Bonchev–Trinajstić information content (AvgIpc) is 2.79. The second kappa shape index (κ2) is 6.70. The average molecular weight is 259 g/mol. The van der Waals surface area contributed by atoms with Crippen LogP contribution in [0.2, 0.25) is 0 Å². The van der Waals surface area contributed by atoms with Crippen molar-refractivity contribution in [2.24, 2.45) is 11.8 Å². The van der Waals surface area contributed by atoms with Gasteiger partial charge in [0.25, 0.3) is 0 Å². The number of ether oxygens (including phenoxy) is 2. The van der Waals surface area contributed by atoms with Gasteiger partial charge in [-0.15, -0.1) is 0 Å². The van der Waals surface area contributed by atoms with E-state index in [2.05, 4.69) is 5.32 Å². The van der Waals surface area contributed by atoms with Crippen LogP contribution in [-0.4, -0.2) is 43.5 Å². The van der Waals surface area contributed by atoms with Gasteiger partial charge in [-0.25, -0.2) is 0 Å². The molecule has 0 spiro atoms. The maximum absolute atomic E-state index is 12.0. The van der Waals surface area contributed by atoms with Crippen molar-refractivity contribution < 1.29 is 24.2 Å². The Bertz CT molecular complexity index is 303. The molecule has 1 aliphatic carbocycles. The summed E-state index contributed by atoms with van der Waals surface area (Å²) in [5, 5.41) is 11.8. The molecule has 0 aromatic heterocycles. The van der Waals surface area contributed by atoms with Gasteiger partial charge < -0.3 is 19.9 Å². The lowest BCUT2D eigenvalue weighted by Crippen LogP contribution is -2.46. The number of aliphatic carboxylic acids is 1. The summed E-state index contributed by atoms with van der Waals surface area (Å²) in [5.41, 5.74) is 0. The number of nitrogens with one attached hydrogen (secondary N) is 1. The normalized spacial score (nSPS) is 25.1. The summed E-state index contributed by atoms with van der Waals surface area (Å²) in [6, 6.07) is -0.317. The molecule has 104 valence electrons. The van der Waals surface area contributed by atoms with Crippen molar-refractivity contribution in [1.82, 2.24) is 5.32 Å². The van der Waals surface area contributed by atoms with Crippen LogP contribution in [0, 0.1) is 11.8 Å². The zero-order valence-electron chi connectivity index (χ0n) is 11.0. The highest BCUT2D eigenvalue weighted by Crippen LogP contribution is 2.32. The molecule has 1 fully saturated rings. The number of hydrogen-bond donors (Lipinski definition) is 2. The molecule has 18 heavy (non-hydrogen) atoms. The Labute approximate surface area is 107 Å². The number of carbonyl (C=O) groups is 2. The van der Waals surface area contributed by atoms with Crippen LogP contribution in [0.3, 0.4) is 0 Å². The summed E-state index contributed by atoms with van der Waals surface area (Å²) < 4.78 is 10.1. The van der Waals surface area contributed by atoms with Crippen molar-refractivity contribution in [3.05, 3.63) is 0 Å². The van der Waals surface area contributed by atoms with Crippen LogP contribution in [0.4, 0.5) is 0 Å². The summed E-state index contributed by atoms with van der Waals surface area (Å²) in [7, 11) is 2.99. The topological polar surface area (TPSA) is 84.9 Å². The number of amides is 1. The van der Waals surface area contributed by atoms with E-state index in [0.717, 1.165) is 6.42 Å². The number of carbonyl (C=O) groups excluding carboxylic acids is 1. The van der Waals surface area contributed by atoms with Gasteiger partial charge in [0.05, 0.1) is 17.9 Å². The zero-order chi connectivity index (χ0) is 13.7. The van der Waals surface area contributed by atoms with E-state index >= 15 is 0 Å². The highest BCUT2D eigenvalue weighted by Gasteiger charge is 2.38. The molecule has 0 bridgehead atoms. The molecule has 0 heterocycles. The van der Waals surface area contributed by atoms with Crippen LogP contribution in [0.25, 0.3) is 0 Å². The summed E-state index contributed by atoms with van der Waals surface area (Å²) in [6.07, 6.45) is 1.44. The Kier molecular flexibility index (Phi) is 5.55. The Morgan fingerprint density at radius 2 is 1.78 bits per heavy atom. The third-order valence-corrected chi connectivity index (χ3v) is 3.41. The molecule has 0 radical (unpaired) electrons. The Balaban J connectivity index is 2.57. The standard InChI is InChI=1S/C12H21NO5/c1-7(12(17-2)18-3)13-10(14)8-5-4-6-9(8)11(15)16/h7-9,12H,4-6H2,1-3H3,(H,13,14)(H,15,16). The number of hydrogen-bond acceptors (Lipinski definition) is 4. The minimum absolute atomic E-state index is 0.230. The van der Waals surface area contributed by atoms with E-state index in [1.165, 1.54) is 14.2 Å². The monoisotopic (exact) mass is 259 g/mol. The van der Waals surface area contributed by atoms with Crippen molar-refractivity contribution in [2.75, 3.05) is 14.2 Å². The van der Waals surface area contributed by atoms with Crippen LogP contribution >= 0.6 is 0 Å². The molecule has 0 saturated heterocycles. The third kappa shape index (κ3) is 3.43. The van der Waals surface area contributed by atoms with Crippen LogP contribution < -0.4 is 5.32 Å². The number of carboxylic acid groups (broad SMARTS) is 1. The van der Waals surface area contributed by atoms with Crippen molar-refractivity contribution in [2.45, 2.75) is 38.5 Å². The van der Waals surface area contributed by atoms with Gasteiger partial charge in [0.1, 0.15) is 0 Å². The van der Waals surface area contributed by atoms with Gasteiger partial charge in [0.15, 0.2) is 6.29 Å². The maximum Gasteiger partial charge on any atom is 0.307 e. The quantitative estimate of drug-likeness (QED) is 0.683. The molecule has 0 aliphatic heterocycles. The van der Waals surface area contributed by atoms with Crippen LogP contribution in [-0.2, 0) is 19.1 Å². The molecule has 6 nitrogen and oxygen atoms in total. The molecule has 3 atom stereocenters. The molecule has 1 saturated carbocycles. The largest absolute Gasteiger partial charge is 0.481 e. The fourth-order valence-electron chi connectivity index (χ4n) is 2.47. The molecule has 1 aliphatic rings. The molecule has 3 unspecified atom stereocenters. The second-order valence-electron chi connectivity index (χ2n) is 4.62. The summed E-state index contributed by atoms with van der Waals surface area (Å²) in [4.78, 5) is 23.0. The first-order valence-corrected chi connectivity index (χ1v) is 6.10. The van der Waals surface area contributed by atoms with Gasteiger partial charge in [-0.3, -0.25) is 9.59 Å². The fourth-order valence-corrected chi connectivity index (χ4v) is 2.47. The minimum Gasteiger partial charge on any atom is -0.481 e. The van der Waals surface area contributed by atoms with Gasteiger partial charge in [0, 0.05) is 14.2 Å². The number of carboxylic acids is 1. The van der Waals surface area contributed by atoms with Crippen LogP contribution in [0.5, 0.6) is 0 Å². The van der Waals surface area contributed by atoms with E-state index in [0.29, 0.717) is 12.8 Å². The van der Waals surface area contributed by atoms with Crippen LogP contribution in [0.15, 0.2) is 0 Å². The highest BCUT2D eigenvalue weighted by molar-refractivity contribution is 5.85. The second-order valence-corrected chi connectivity index (χ2v) is 4.62. The van der Waals surface area contributed by atoms with Gasteiger partial charge in [-0.2, -0.15) is 0 Å². The SMILES string of the molecule is COC(OC)C(C)NC(=O)C1CCCC1C(=O)O. The lowest BCUT2D eigenvalue weighted by atomic mass is 9.95. The highest BCUT2D eigenvalue weighted by atomic mass is 16.7. The lowest BCUT2D eigenvalue weighted by molar-refractivity contribution is -0.148. The first-order valence-electron chi connectivity index (χ1n) is 6.10. The van der Waals surface area contributed by atoms with E-state index in [1.54, 1.807) is 6.92 Å². The van der Waals surface area contributed by atoms with E-state index < -0.39 is 24.1 Å². The summed E-state index contributed by atoms with van der Waals surface area (Å²) in [5.74, 6) is -2.14. The molecular formula is C12H21NO5. The predicted octanol–water partition coefficient (Wildman–Crippen LogP) is 0.611. The van der Waals surface area contributed by atoms with Gasteiger partial charge in [-0.05, 0) is 19.8 Å². The minimum atomic E-state index is -0.893. The molecular weight excluding hydrogens is 238 g/mol. The molecule has 6 heteroatoms. The Morgan fingerprint density at radius 1 is 1.22 bits per heavy atom. The van der Waals surface area contributed by atoms with Gasteiger partial charge in [-0.1, -0.05) is 6.42 Å². The summed E-state index contributed by atoms with van der Waals surface area (Å²) in [6.45, 7) is 1.76. The Morgan fingerprint density at radius 3 is 2.28 bits per heavy atom. The van der Waals surface area contributed by atoms with E-state index in [9.17, 15) is 9.59 Å². The molecule has 1 amide bonds. The van der Waals surface area contributed by atoms with Crippen LogP contribution in [0.1, 0.15) is 26.2 Å². The molecule has 0 aromatic rings. The van der Waals surface area contributed by atoms with Crippen molar-refractivity contribution in [3.63, 3.8) is 0 Å². The first-order chi connectivity index (χ1) is 8.51. The van der Waals surface area contributed by atoms with E-state index in [1.807, 2.05) is 0 Å². The molecule has 0 aromatic carbocycles. The fraction of sp³-hybridized carbons (Fsp3) is 0.833. The van der Waals surface area contributed by atoms with Gasteiger partial charge in [0.2, 0.25) is 5.91 Å². The van der Waals surface area contributed by atoms with Crippen molar-refractivity contribution in [1.29, 1.82) is 0 Å². The Hall–Kier alpha value is -1.14. The number of rotatable bonds is 6. The first kappa shape index (κ1) is 14.9. The molecule has 1 rings (SSSR count). The number of methoxy groups -OCH3 is 2. The third-order valence-electron chi connectivity index (χ3n) is 3.41. The zero-order valence-corrected chi connectivity index (χ0v) is 11.0. The van der Waals surface area contributed by atoms with Gasteiger partial charge >= 0.3 is 5.97 Å². The van der Waals surface area contributed by atoms with Crippen molar-refractivity contribution in [3.8, 4) is 0 Å². The summed E-state index contributed by atoms with van der Waals surface area (Å²) >= 11 is 0. The van der Waals surface area contributed by atoms with E-state index in [4.69, 9.17) is 14.6 Å². The maximum atomic E-state index is 12.0. The molecule has 2 N–H and O–H groups in total. The van der Waals surface area contributed by atoms with Crippen molar-refractivity contribution >= 4 is 11.9 Å².